The zero-order valence-corrected chi connectivity index (χ0v) is 14.0. The highest BCUT2D eigenvalue weighted by Gasteiger charge is 2.33. The van der Waals surface area contributed by atoms with Gasteiger partial charge in [0.2, 0.25) is 0 Å². The van der Waals surface area contributed by atoms with Crippen molar-refractivity contribution >= 4 is 5.97 Å². The number of benzene rings is 1. The minimum Gasteiger partial charge on any atom is -0.468 e. The fourth-order valence-corrected chi connectivity index (χ4v) is 3.52. The van der Waals surface area contributed by atoms with Crippen LogP contribution in [-0.2, 0) is 16.6 Å². The molecule has 128 valence electrons. The van der Waals surface area contributed by atoms with Crippen LogP contribution in [0.2, 0.25) is 0 Å². The molecule has 2 aromatic rings. The lowest BCUT2D eigenvalue weighted by atomic mass is 9.92. The van der Waals surface area contributed by atoms with Crippen LogP contribution in [0.25, 0.3) is 0 Å². The van der Waals surface area contributed by atoms with Crippen LogP contribution in [0, 0.1) is 5.82 Å². The molecule has 0 unspecified atom stereocenters. The van der Waals surface area contributed by atoms with E-state index in [1.54, 1.807) is 18.3 Å². The summed E-state index contributed by atoms with van der Waals surface area (Å²) in [5, 5.41) is 4.25. The lowest BCUT2D eigenvalue weighted by Crippen LogP contribution is -2.41. The maximum atomic E-state index is 13.2. The smallest absolute Gasteiger partial charge is 0.327 e. The first-order valence-electron chi connectivity index (χ1n) is 8.15. The number of ether oxygens (including phenoxy) is 1. The fraction of sp³-hybridized carbons (Fsp3) is 0.444. The molecular weight excluding hydrogens is 309 g/mol. The predicted octanol–water partition coefficient (Wildman–Crippen LogP) is 2.65. The number of carbonyl (C=O) groups is 1. The second kappa shape index (κ2) is 7.13. The molecule has 2 atom stereocenters. The van der Waals surface area contributed by atoms with Gasteiger partial charge in [-0.3, -0.25) is 9.58 Å². The molecule has 6 heteroatoms. The average Bonchev–Trinajstić information content (AvgIpc) is 3.03. The summed E-state index contributed by atoms with van der Waals surface area (Å²) in [4.78, 5) is 14.5. The van der Waals surface area contributed by atoms with Gasteiger partial charge in [-0.25, -0.2) is 9.18 Å². The first-order valence-corrected chi connectivity index (χ1v) is 8.15. The number of esters is 1. The van der Waals surface area contributed by atoms with Crippen molar-refractivity contribution in [2.24, 2.45) is 7.05 Å². The highest BCUT2D eigenvalue weighted by molar-refractivity contribution is 5.77. The van der Waals surface area contributed by atoms with Crippen molar-refractivity contribution < 1.29 is 13.9 Å². The summed E-state index contributed by atoms with van der Waals surface area (Å²) in [5.41, 5.74) is 1.93. The van der Waals surface area contributed by atoms with Gasteiger partial charge < -0.3 is 4.74 Å². The number of methoxy groups -OCH3 is 1. The summed E-state index contributed by atoms with van der Waals surface area (Å²) in [7, 11) is 3.33. The molecule has 0 amide bonds. The van der Waals surface area contributed by atoms with Gasteiger partial charge in [-0.15, -0.1) is 0 Å². The summed E-state index contributed by atoms with van der Waals surface area (Å²) in [5.74, 6) is -0.306. The molecule has 2 heterocycles. The third kappa shape index (κ3) is 3.33. The van der Waals surface area contributed by atoms with E-state index in [0.29, 0.717) is 5.92 Å². The third-order valence-corrected chi connectivity index (χ3v) is 4.71. The fourth-order valence-electron chi connectivity index (χ4n) is 3.52. The van der Waals surface area contributed by atoms with E-state index in [0.717, 1.165) is 31.5 Å². The Kier molecular flexibility index (Phi) is 4.94. The molecule has 0 radical (unpaired) electrons. The van der Waals surface area contributed by atoms with Gasteiger partial charge in [0.05, 0.1) is 7.11 Å². The van der Waals surface area contributed by atoms with Crippen LogP contribution in [0.3, 0.4) is 0 Å². The normalized spacial score (nSPS) is 19.9. The summed E-state index contributed by atoms with van der Waals surface area (Å²) >= 11 is 0. The van der Waals surface area contributed by atoms with E-state index in [1.165, 1.54) is 24.9 Å². The van der Waals surface area contributed by atoms with Crippen LogP contribution in [0.4, 0.5) is 4.39 Å². The van der Waals surface area contributed by atoms with Gasteiger partial charge in [0.25, 0.3) is 0 Å². The largest absolute Gasteiger partial charge is 0.468 e. The first kappa shape index (κ1) is 16.6. The molecule has 0 spiro atoms. The van der Waals surface area contributed by atoms with Crippen molar-refractivity contribution in [1.29, 1.82) is 0 Å². The van der Waals surface area contributed by atoms with Crippen LogP contribution in [-0.4, -0.2) is 40.8 Å². The highest BCUT2D eigenvalue weighted by Crippen LogP contribution is 2.32. The number of hydrogen-bond acceptors (Lipinski definition) is 4. The molecule has 0 saturated carbocycles. The number of hydrogen-bond donors (Lipinski definition) is 0. The van der Waals surface area contributed by atoms with Gasteiger partial charge in [0, 0.05) is 31.4 Å². The molecule has 1 aliphatic rings. The second-order valence-electron chi connectivity index (χ2n) is 6.19. The summed E-state index contributed by atoms with van der Waals surface area (Å²) in [6, 6.07) is 7.60. The van der Waals surface area contributed by atoms with Crippen LogP contribution in [0.5, 0.6) is 0 Å². The van der Waals surface area contributed by atoms with Crippen molar-refractivity contribution in [1.82, 2.24) is 14.7 Å². The highest BCUT2D eigenvalue weighted by atomic mass is 19.1. The molecule has 0 N–H and O–H groups in total. The molecule has 5 nitrogen and oxygen atoms in total. The van der Waals surface area contributed by atoms with E-state index in [2.05, 4.69) is 10.00 Å². The van der Waals surface area contributed by atoms with E-state index in [1.807, 2.05) is 17.8 Å². The monoisotopic (exact) mass is 331 g/mol. The number of nitrogens with zero attached hydrogens (tertiary/aromatic N) is 3. The molecule has 1 aliphatic heterocycles. The average molecular weight is 331 g/mol. The third-order valence-electron chi connectivity index (χ3n) is 4.71. The van der Waals surface area contributed by atoms with Crippen molar-refractivity contribution in [3.8, 4) is 0 Å². The van der Waals surface area contributed by atoms with Crippen LogP contribution >= 0.6 is 0 Å². The van der Waals surface area contributed by atoms with Crippen LogP contribution < -0.4 is 0 Å². The lowest BCUT2D eigenvalue weighted by Gasteiger charge is -2.37. The van der Waals surface area contributed by atoms with Gasteiger partial charge in [-0.05, 0) is 43.1 Å². The summed E-state index contributed by atoms with van der Waals surface area (Å²) < 4.78 is 20.1. The summed E-state index contributed by atoms with van der Waals surface area (Å²) in [6.07, 6.45) is 3.85. The maximum Gasteiger partial charge on any atom is 0.327 e. The maximum absolute atomic E-state index is 13.2. The molecule has 0 bridgehead atoms. The number of halogens is 1. The molecular formula is C18H22FN3O2. The SMILES string of the molecule is COC(=O)[C@@H](c1ccc(F)cc1)N1CCC[C@@H](c2ccnn2C)C1. The number of likely N-dealkylation sites (tertiary alicyclic amines) is 1. The van der Waals surface area contributed by atoms with Crippen molar-refractivity contribution in [3.63, 3.8) is 0 Å². The lowest BCUT2D eigenvalue weighted by molar-refractivity contribution is -0.147. The Bertz CT molecular complexity index is 699. The predicted molar refractivity (Wildman–Crippen MR) is 87.9 cm³/mol. The van der Waals surface area contributed by atoms with Crippen molar-refractivity contribution in [2.75, 3.05) is 20.2 Å². The Balaban J connectivity index is 1.86. The zero-order chi connectivity index (χ0) is 17.1. The Labute approximate surface area is 141 Å². The Morgan fingerprint density at radius 1 is 1.33 bits per heavy atom. The first-order chi connectivity index (χ1) is 11.6. The van der Waals surface area contributed by atoms with Crippen LogP contribution in [0.15, 0.2) is 36.5 Å². The molecule has 0 aliphatic carbocycles. The molecule has 1 aromatic carbocycles. The van der Waals surface area contributed by atoms with Gasteiger partial charge >= 0.3 is 5.97 Å². The second-order valence-corrected chi connectivity index (χ2v) is 6.19. The Morgan fingerprint density at radius 2 is 2.08 bits per heavy atom. The van der Waals surface area contributed by atoms with Gasteiger partial charge in [-0.1, -0.05) is 12.1 Å². The molecule has 3 rings (SSSR count). The number of piperidine rings is 1. The molecule has 1 fully saturated rings. The van der Waals surface area contributed by atoms with Crippen molar-refractivity contribution in [2.45, 2.75) is 24.8 Å². The summed E-state index contributed by atoms with van der Waals surface area (Å²) in [6.45, 7) is 1.56. The quantitative estimate of drug-likeness (QED) is 0.808. The number of rotatable bonds is 4. The van der Waals surface area contributed by atoms with Gasteiger partial charge in [-0.2, -0.15) is 5.10 Å². The molecule has 1 saturated heterocycles. The zero-order valence-electron chi connectivity index (χ0n) is 14.0. The number of aromatic nitrogens is 2. The van der Waals surface area contributed by atoms with Gasteiger partial charge in [0.15, 0.2) is 0 Å². The van der Waals surface area contributed by atoms with Crippen LogP contribution in [0.1, 0.15) is 36.1 Å². The van der Waals surface area contributed by atoms with Gasteiger partial charge in [0.1, 0.15) is 11.9 Å². The number of aryl methyl sites for hydroxylation is 1. The minimum absolute atomic E-state index is 0.311. The Morgan fingerprint density at radius 3 is 2.71 bits per heavy atom. The van der Waals surface area contributed by atoms with E-state index in [9.17, 15) is 9.18 Å². The molecule has 1 aromatic heterocycles. The Hall–Kier alpha value is -2.21. The van der Waals surface area contributed by atoms with E-state index >= 15 is 0 Å². The van der Waals surface area contributed by atoms with Crippen molar-refractivity contribution in [3.05, 3.63) is 53.6 Å². The minimum atomic E-state index is -0.508. The standard InChI is InChI=1S/C18H22FN3O2/c1-21-16(9-10-20-21)14-4-3-11-22(12-14)17(18(23)24-2)13-5-7-15(19)8-6-13/h5-10,14,17H,3-4,11-12H2,1-2H3/t14-,17-/m1/s1. The van der Waals surface area contributed by atoms with E-state index in [-0.39, 0.29) is 11.8 Å². The molecule has 24 heavy (non-hydrogen) atoms. The van der Waals surface area contributed by atoms with E-state index in [4.69, 9.17) is 4.74 Å². The van der Waals surface area contributed by atoms with E-state index < -0.39 is 6.04 Å². The number of carbonyl (C=O) groups excluding carboxylic acids is 1. The topological polar surface area (TPSA) is 47.4 Å².